The highest BCUT2D eigenvalue weighted by molar-refractivity contribution is 5.24. The van der Waals surface area contributed by atoms with Gasteiger partial charge in [0.05, 0.1) is 6.10 Å². The van der Waals surface area contributed by atoms with Crippen LogP contribution in [0.5, 0.6) is 0 Å². The van der Waals surface area contributed by atoms with Crippen LogP contribution in [0.1, 0.15) is 64.2 Å². The first-order chi connectivity index (χ1) is 7.92. The number of rotatable bonds is 5. The lowest BCUT2D eigenvalue weighted by molar-refractivity contribution is 0.122. The molecular formula is C16H26O. The van der Waals surface area contributed by atoms with Crippen LogP contribution in [-0.2, 0) is 6.42 Å². The fraction of sp³-hybridized carbons (Fsp3) is 0.625. The van der Waals surface area contributed by atoms with Gasteiger partial charge < -0.3 is 5.11 Å². The van der Waals surface area contributed by atoms with E-state index in [1.165, 1.54) is 18.4 Å². The van der Waals surface area contributed by atoms with Gasteiger partial charge in [-0.25, -0.2) is 0 Å². The van der Waals surface area contributed by atoms with Gasteiger partial charge in [0.25, 0.3) is 0 Å². The largest absolute Gasteiger partial charge is 0.388 e. The number of aliphatic hydroxyl groups excluding tert-OH is 1. The number of hydrogen-bond donors (Lipinski definition) is 1. The molecule has 17 heavy (non-hydrogen) atoms. The number of aliphatic hydroxyl groups is 1. The normalized spacial score (nSPS) is 13.7. The van der Waals surface area contributed by atoms with Gasteiger partial charge in [-0.05, 0) is 35.8 Å². The average molecular weight is 234 g/mol. The number of benzene rings is 1. The maximum absolute atomic E-state index is 10.1. The lowest BCUT2D eigenvalue weighted by Crippen LogP contribution is -2.11. The standard InChI is InChI=1S/C16H26O/c1-5-6-7-13-8-10-14(11-9-13)15(17)12-16(2,3)4/h8-11,15,17H,5-7,12H2,1-4H3. The fourth-order valence-electron chi connectivity index (χ4n) is 1.99. The highest BCUT2D eigenvalue weighted by Crippen LogP contribution is 2.29. The Kier molecular flexibility index (Phi) is 5.20. The lowest BCUT2D eigenvalue weighted by Gasteiger charge is -2.22. The molecule has 0 aliphatic heterocycles. The van der Waals surface area contributed by atoms with Gasteiger partial charge in [0.15, 0.2) is 0 Å². The van der Waals surface area contributed by atoms with E-state index in [2.05, 4.69) is 52.0 Å². The van der Waals surface area contributed by atoms with Crippen LogP contribution in [0.2, 0.25) is 0 Å². The Bertz CT molecular complexity index is 318. The summed E-state index contributed by atoms with van der Waals surface area (Å²) in [6.07, 6.45) is 4.08. The molecule has 0 saturated carbocycles. The van der Waals surface area contributed by atoms with E-state index in [0.717, 1.165) is 18.4 Å². The highest BCUT2D eigenvalue weighted by atomic mass is 16.3. The molecule has 0 aliphatic rings. The molecule has 0 radical (unpaired) electrons. The maximum Gasteiger partial charge on any atom is 0.0795 e. The zero-order valence-corrected chi connectivity index (χ0v) is 11.7. The molecule has 0 amide bonds. The van der Waals surface area contributed by atoms with Gasteiger partial charge >= 0.3 is 0 Å². The van der Waals surface area contributed by atoms with Crippen molar-refractivity contribution in [1.29, 1.82) is 0 Å². The van der Waals surface area contributed by atoms with E-state index in [0.29, 0.717) is 0 Å². The van der Waals surface area contributed by atoms with Gasteiger partial charge in [-0.2, -0.15) is 0 Å². The molecular weight excluding hydrogens is 208 g/mol. The van der Waals surface area contributed by atoms with Crippen LogP contribution in [0.3, 0.4) is 0 Å². The summed E-state index contributed by atoms with van der Waals surface area (Å²) in [4.78, 5) is 0. The third-order valence-corrected chi connectivity index (χ3v) is 2.99. The Morgan fingerprint density at radius 1 is 1.12 bits per heavy atom. The van der Waals surface area contributed by atoms with Crippen molar-refractivity contribution in [2.45, 2.75) is 59.5 Å². The van der Waals surface area contributed by atoms with Gasteiger partial charge in [0, 0.05) is 0 Å². The van der Waals surface area contributed by atoms with Crippen LogP contribution in [0, 0.1) is 5.41 Å². The second kappa shape index (κ2) is 6.20. The van der Waals surface area contributed by atoms with Crippen LogP contribution < -0.4 is 0 Å². The van der Waals surface area contributed by atoms with Crippen molar-refractivity contribution in [3.05, 3.63) is 35.4 Å². The summed E-state index contributed by atoms with van der Waals surface area (Å²) in [7, 11) is 0. The highest BCUT2D eigenvalue weighted by Gasteiger charge is 2.17. The molecule has 96 valence electrons. The molecule has 0 aliphatic carbocycles. The van der Waals surface area contributed by atoms with E-state index in [4.69, 9.17) is 0 Å². The quantitative estimate of drug-likeness (QED) is 0.795. The molecule has 1 unspecified atom stereocenters. The van der Waals surface area contributed by atoms with Crippen molar-refractivity contribution in [2.75, 3.05) is 0 Å². The van der Waals surface area contributed by atoms with Crippen molar-refractivity contribution in [1.82, 2.24) is 0 Å². The lowest BCUT2D eigenvalue weighted by atomic mass is 9.87. The summed E-state index contributed by atoms with van der Waals surface area (Å²) < 4.78 is 0. The SMILES string of the molecule is CCCCc1ccc(C(O)CC(C)(C)C)cc1. The molecule has 0 fully saturated rings. The third kappa shape index (κ3) is 5.36. The Labute approximate surface area is 106 Å². The summed E-state index contributed by atoms with van der Waals surface area (Å²) in [5, 5.41) is 10.1. The molecule has 0 saturated heterocycles. The van der Waals surface area contributed by atoms with Crippen LogP contribution in [0.25, 0.3) is 0 Å². The van der Waals surface area contributed by atoms with E-state index in [1.54, 1.807) is 0 Å². The van der Waals surface area contributed by atoms with E-state index >= 15 is 0 Å². The number of hydrogen-bond acceptors (Lipinski definition) is 1. The van der Waals surface area contributed by atoms with E-state index in [9.17, 15) is 5.11 Å². The Balaban J connectivity index is 2.60. The summed E-state index contributed by atoms with van der Waals surface area (Å²) in [5.74, 6) is 0. The van der Waals surface area contributed by atoms with Crippen molar-refractivity contribution >= 4 is 0 Å². The smallest absolute Gasteiger partial charge is 0.0795 e. The predicted octanol–water partition coefficient (Wildman–Crippen LogP) is 4.50. The summed E-state index contributed by atoms with van der Waals surface area (Å²) in [6.45, 7) is 8.69. The Morgan fingerprint density at radius 2 is 1.71 bits per heavy atom. The van der Waals surface area contributed by atoms with E-state index < -0.39 is 0 Å². The predicted molar refractivity (Wildman–Crippen MR) is 74.1 cm³/mol. The van der Waals surface area contributed by atoms with E-state index in [1.807, 2.05) is 0 Å². The minimum absolute atomic E-state index is 0.167. The van der Waals surface area contributed by atoms with Crippen molar-refractivity contribution in [2.24, 2.45) is 5.41 Å². The first kappa shape index (κ1) is 14.2. The molecule has 1 aromatic rings. The van der Waals surface area contributed by atoms with Crippen molar-refractivity contribution in [3.8, 4) is 0 Å². The van der Waals surface area contributed by atoms with Crippen molar-refractivity contribution < 1.29 is 5.11 Å². The topological polar surface area (TPSA) is 20.2 Å². The van der Waals surface area contributed by atoms with Crippen molar-refractivity contribution in [3.63, 3.8) is 0 Å². The van der Waals surface area contributed by atoms with Gasteiger partial charge in [-0.3, -0.25) is 0 Å². The summed E-state index contributed by atoms with van der Waals surface area (Å²) in [6, 6.07) is 8.44. The molecule has 1 aromatic carbocycles. The molecule has 0 aromatic heterocycles. The molecule has 1 nitrogen and oxygen atoms in total. The first-order valence-electron chi connectivity index (χ1n) is 6.69. The van der Waals surface area contributed by atoms with Gasteiger partial charge in [0.1, 0.15) is 0 Å². The van der Waals surface area contributed by atoms with Crippen LogP contribution in [-0.4, -0.2) is 5.11 Å². The molecule has 1 rings (SSSR count). The second-order valence-electron chi connectivity index (χ2n) is 6.13. The minimum atomic E-state index is -0.338. The molecule has 1 heteroatoms. The third-order valence-electron chi connectivity index (χ3n) is 2.99. The first-order valence-corrected chi connectivity index (χ1v) is 6.69. The molecule has 1 atom stereocenters. The number of aryl methyl sites for hydroxylation is 1. The molecule has 0 heterocycles. The van der Waals surface area contributed by atoms with Gasteiger partial charge in [-0.15, -0.1) is 0 Å². The average Bonchev–Trinajstić information content (AvgIpc) is 2.24. The maximum atomic E-state index is 10.1. The van der Waals surface area contributed by atoms with Crippen LogP contribution >= 0.6 is 0 Å². The molecule has 0 spiro atoms. The summed E-state index contributed by atoms with van der Waals surface area (Å²) >= 11 is 0. The van der Waals surface area contributed by atoms with E-state index in [-0.39, 0.29) is 11.5 Å². The molecule has 1 N–H and O–H groups in total. The molecule has 0 bridgehead atoms. The summed E-state index contributed by atoms with van der Waals surface area (Å²) in [5.41, 5.74) is 2.58. The minimum Gasteiger partial charge on any atom is -0.388 e. The van der Waals surface area contributed by atoms with Gasteiger partial charge in [-0.1, -0.05) is 58.4 Å². The zero-order valence-electron chi connectivity index (χ0n) is 11.7. The monoisotopic (exact) mass is 234 g/mol. The van der Waals surface area contributed by atoms with Gasteiger partial charge in [0.2, 0.25) is 0 Å². The Hall–Kier alpha value is -0.820. The second-order valence-corrected chi connectivity index (χ2v) is 6.13. The number of unbranched alkanes of at least 4 members (excludes halogenated alkanes) is 1. The van der Waals surface area contributed by atoms with Crippen LogP contribution in [0.15, 0.2) is 24.3 Å². The Morgan fingerprint density at radius 3 is 2.18 bits per heavy atom. The van der Waals surface area contributed by atoms with Crippen LogP contribution in [0.4, 0.5) is 0 Å². The zero-order chi connectivity index (χ0) is 12.9. The fourth-order valence-corrected chi connectivity index (χ4v) is 1.99.